The zero-order valence-electron chi connectivity index (χ0n) is 9.13. The lowest BCUT2D eigenvalue weighted by atomic mass is 9.98. The van der Waals surface area contributed by atoms with Crippen LogP contribution < -0.4 is 4.74 Å². The molecule has 0 aliphatic heterocycles. The van der Waals surface area contributed by atoms with E-state index in [1.165, 1.54) is 31.4 Å². The van der Waals surface area contributed by atoms with Crippen molar-refractivity contribution in [3.63, 3.8) is 0 Å². The molecule has 1 fully saturated rings. The minimum absolute atomic E-state index is 0.216. The van der Waals surface area contributed by atoms with Crippen molar-refractivity contribution in [3.05, 3.63) is 29.6 Å². The van der Waals surface area contributed by atoms with E-state index < -0.39 is 0 Å². The third-order valence-corrected chi connectivity index (χ3v) is 3.00. The van der Waals surface area contributed by atoms with Crippen molar-refractivity contribution in [3.8, 4) is 5.75 Å². The molecule has 1 aliphatic carbocycles. The summed E-state index contributed by atoms with van der Waals surface area (Å²) in [6.07, 6.45) is 6.28. The molecule has 0 amide bonds. The SMILES string of the molecule is Cc1ccc(F)cc1OC1CCCCC1. The second-order valence-corrected chi connectivity index (χ2v) is 4.29. The molecule has 2 rings (SSSR count). The molecule has 2 heteroatoms. The second-order valence-electron chi connectivity index (χ2n) is 4.29. The van der Waals surface area contributed by atoms with E-state index in [4.69, 9.17) is 4.74 Å². The van der Waals surface area contributed by atoms with E-state index in [0.717, 1.165) is 18.4 Å². The number of aryl methyl sites for hydroxylation is 1. The Hall–Kier alpha value is -1.05. The molecule has 82 valence electrons. The van der Waals surface area contributed by atoms with Crippen molar-refractivity contribution in [2.45, 2.75) is 45.1 Å². The lowest BCUT2D eigenvalue weighted by Crippen LogP contribution is -2.20. The van der Waals surface area contributed by atoms with Crippen LogP contribution in [-0.4, -0.2) is 6.10 Å². The number of halogens is 1. The molecule has 0 saturated heterocycles. The molecular weight excluding hydrogens is 191 g/mol. The normalized spacial score (nSPS) is 17.7. The zero-order chi connectivity index (χ0) is 10.7. The molecule has 1 aliphatic rings. The maximum Gasteiger partial charge on any atom is 0.126 e. The summed E-state index contributed by atoms with van der Waals surface area (Å²) in [5.41, 5.74) is 1.02. The third-order valence-electron chi connectivity index (χ3n) is 3.00. The molecule has 0 atom stereocenters. The molecule has 1 aromatic carbocycles. The van der Waals surface area contributed by atoms with Crippen molar-refractivity contribution in [2.75, 3.05) is 0 Å². The quantitative estimate of drug-likeness (QED) is 0.717. The van der Waals surface area contributed by atoms with Crippen molar-refractivity contribution in [1.82, 2.24) is 0 Å². The average Bonchev–Trinajstić information content (AvgIpc) is 2.25. The standard InChI is InChI=1S/C13H17FO/c1-10-7-8-11(14)9-13(10)15-12-5-3-2-4-6-12/h7-9,12H,2-6H2,1H3. The van der Waals surface area contributed by atoms with Gasteiger partial charge in [-0.05, 0) is 44.2 Å². The van der Waals surface area contributed by atoms with Gasteiger partial charge in [-0.3, -0.25) is 0 Å². The summed E-state index contributed by atoms with van der Waals surface area (Å²) >= 11 is 0. The van der Waals surface area contributed by atoms with Crippen LogP contribution in [0.1, 0.15) is 37.7 Å². The van der Waals surface area contributed by atoms with Crippen LogP contribution in [0.5, 0.6) is 5.75 Å². The molecule has 1 nitrogen and oxygen atoms in total. The van der Waals surface area contributed by atoms with E-state index >= 15 is 0 Å². The van der Waals surface area contributed by atoms with E-state index in [2.05, 4.69) is 0 Å². The van der Waals surface area contributed by atoms with E-state index in [1.54, 1.807) is 6.07 Å². The van der Waals surface area contributed by atoms with Gasteiger partial charge in [0, 0.05) is 6.07 Å². The number of ether oxygens (including phenoxy) is 1. The molecular formula is C13H17FO. The fourth-order valence-corrected chi connectivity index (χ4v) is 2.06. The number of benzene rings is 1. The predicted molar refractivity (Wildman–Crippen MR) is 58.6 cm³/mol. The van der Waals surface area contributed by atoms with Crippen LogP contribution in [0.2, 0.25) is 0 Å². The Bertz CT molecular complexity index is 329. The first kappa shape index (κ1) is 10.5. The molecule has 0 unspecified atom stereocenters. The maximum absolute atomic E-state index is 13.0. The first-order chi connectivity index (χ1) is 7.25. The first-order valence-corrected chi connectivity index (χ1v) is 5.68. The van der Waals surface area contributed by atoms with Crippen molar-refractivity contribution >= 4 is 0 Å². The first-order valence-electron chi connectivity index (χ1n) is 5.68. The van der Waals surface area contributed by atoms with E-state index in [-0.39, 0.29) is 5.82 Å². The summed E-state index contributed by atoms with van der Waals surface area (Å²) in [5.74, 6) is 0.494. The van der Waals surface area contributed by atoms with Crippen LogP contribution in [0.3, 0.4) is 0 Å². The molecule has 1 saturated carbocycles. The molecule has 0 bridgehead atoms. The molecule has 0 N–H and O–H groups in total. The van der Waals surface area contributed by atoms with E-state index in [1.807, 2.05) is 6.92 Å². The number of hydrogen-bond acceptors (Lipinski definition) is 1. The second kappa shape index (κ2) is 4.65. The summed E-state index contributed by atoms with van der Waals surface area (Å²) in [4.78, 5) is 0. The third kappa shape index (κ3) is 2.71. The van der Waals surface area contributed by atoms with E-state index in [0.29, 0.717) is 11.9 Å². The highest BCUT2D eigenvalue weighted by Gasteiger charge is 2.15. The fourth-order valence-electron chi connectivity index (χ4n) is 2.06. The van der Waals surface area contributed by atoms with Gasteiger partial charge in [0.2, 0.25) is 0 Å². The molecule has 0 spiro atoms. The van der Waals surface area contributed by atoms with Gasteiger partial charge in [0.1, 0.15) is 11.6 Å². The van der Waals surface area contributed by atoms with Crippen molar-refractivity contribution < 1.29 is 9.13 Å². The predicted octanol–water partition coefficient (Wildman–Crippen LogP) is 3.85. The van der Waals surface area contributed by atoms with Gasteiger partial charge in [0.05, 0.1) is 6.10 Å². The lowest BCUT2D eigenvalue weighted by Gasteiger charge is -2.23. The Labute approximate surface area is 90.3 Å². The summed E-state index contributed by atoms with van der Waals surface area (Å²) in [7, 11) is 0. The molecule has 1 aromatic rings. The molecule has 0 aromatic heterocycles. The number of hydrogen-bond donors (Lipinski definition) is 0. The Morgan fingerprint density at radius 2 is 1.93 bits per heavy atom. The Balaban J connectivity index is 2.05. The number of rotatable bonds is 2. The molecule has 0 heterocycles. The molecule has 0 radical (unpaired) electrons. The van der Waals surface area contributed by atoms with Gasteiger partial charge in [-0.2, -0.15) is 0 Å². The highest BCUT2D eigenvalue weighted by Crippen LogP contribution is 2.26. The van der Waals surface area contributed by atoms with Crippen molar-refractivity contribution in [1.29, 1.82) is 0 Å². The lowest BCUT2D eigenvalue weighted by molar-refractivity contribution is 0.153. The summed E-state index contributed by atoms with van der Waals surface area (Å²) in [6.45, 7) is 1.96. The van der Waals surface area contributed by atoms with E-state index in [9.17, 15) is 4.39 Å². The van der Waals surface area contributed by atoms with Gasteiger partial charge in [-0.1, -0.05) is 12.5 Å². The van der Waals surface area contributed by atoms with Gasteiger partial charge >= 0.3 is 0 Å². The van der Waals surface area contributed by atoms with Gasteiger partial charge in [-0.25, -0.2) is 4.39 Å². The van der Waals surface area contributed by atoms with Gasteiger partial charge in [0.25, 0.3) is 0 Å². The summed E-state index contributed by atoms with van der Waals surface area (Å²) in [6, 6.07) is 4.74. The Morgan fingerprint density at radius 1 is 1.20 bits per heavy atom. The van der Waals surface area contributed by atoms with Crippen LogP contribution >= 0.6 is 0 Å². The zero-order valence-corrected chi connectivity index (χ0v) is 9.13. The minimum Gasteiger partial charge on any atom is -0.490 e. The van der Waals surface area contributed by atoms with Gasteiger partial charge in [0.15, 0.2) is 0 Å². The van der Waals surface area contributed by atoms with Crippen LogP contribution in [0.15, 0.2) is 18.2 Å². The average molecular weight is 208 g/mol. The smallest absolute Gasteiger partial charge is 0.126 e. The van der Waals surface area contributed by atoms with Crippen LogP contribution in [0.25, 0.3) is 0 Å². The summed E-state index contributed by atoms with van der Waals surface area (Å²) < 4.78 is 18.8. The van der Waals surface area contributed by atoms with Gasteiger partial charge in [-0.15, -0.1) is 0 Å². The summed E-state index contributed by atoms with van der Waals surface area (Å²) in [5, 5.41) is 0. The van der Waals surface area contributed by atoms with Crippen LogP contribution in [0, 0.1) is 12.7 Å². The van der Waals surface area contributed by atoms with Gasteiger partial charge < -0.3 is 4.74 Å². The van der Waals surface area contributed by atoms with Crippen molar-refractivity contribution in [2.24, 2.45) is 0 Å². The highest BCUT2D eigenvalue weighted by atomic mass is 19.1. The fraction of sp³-hybridized carbons (Fsp3) is 0.538. The monoisotopic (exact) mass is 208 g/mol. The topological polar surface area (TPSA) is 9.23 Å². The maximum atomic E-state index is 13.0. The Morgan fingerprint density at radius 3 is 2.67 bits per heavy atom. The minimum atomic E-state index is -0.216. The van der Waals surface area contributed by atoms with Crippen LogP contribution in [0.4, 0.5) is 4.39 Å². The van der Waals surface area contributed by atoms with Crippen LogP contribution in [-0.2, 0) is 0 Å². The largest absolute Gasteiger partial charge is 0.490 e. The Kier molecular flexibility index (Phi) is 3.24. The molecule has 15 heavy (non-hydrogen) atoms. The highest BCUT2D eigenvalue weighted by molar-refractivity contribution is 5.32.